The molecule has 0 aliphatic heterocycles. The van der Waals surface area contributed by atoms with Gasteiger partial charge in [-0.25, -0.2) is 0 Å². The molecular formula is C19H15NO5. The number of benzene rings is 3. The van der Waals surface area contributed by atoms with Crippen LogP contribution in [0.2, 0.25) is 0 Å². The maximum Gasteiger partial charge on any atom is 0.255 e. The largest absolute Gasteiger partial charge is 0.504 e. The SMILES string of the molecule is O=C(Nc1cccc(Oc2ccccc2)c1)c1cc(O)c(O)c(O)c1. The highest BCUT2D eigenvalue weighted by Gasteiger charge is 2.14. The van der Waals surface area contributed by atoms with Gasteiger partial charge in [0.25, 0.3) is 5.91 Å². The number of phenols is 3. The average molecular weight is 337 g/mol. The maximum atomic E-state index is 12.2. The van der Waals surface area contributed by atoms with Crippen molar-refractivity contribution in [3.8, 4) is 28.7 Å². The summed E-state index contributed by atoms with van der Waals surface area (Å²) in [6, 6.07) is 18.1. The van der Waals surface area contributed by atoms with Crippen LogP contribution < -0.4 is 10.1 Å². The van der Waals surface area contributed by atoms with E-state index in [4.69, 9.17) is 4.74 Å². The molecule has 0 aliphatic carbocycles. The molecule has 25 heavy (non-hydrogen) atoms. The van der Waals surface area contributed by atoms with E-state index in [0.29, 0.717) is 17.2 Å². The van der Waals surface area contributed by atoms with Gasteiger partial charge in [0, 0.05) is 17.3 Å². The molecule has 0 aliphatic rings. The molecule has 0 saturated carbocycles. The van der Waals surface area contributed by atoms with Gasteiger partial charge in [-0.05, 0) is 36.4 Å². The summed E-state index contributed by atoms with van der Waals surface area (Å²) in [5.74, 6) is -1.17. The summed E-state index contributed by atoms with van der Waals surface area (Å²) in [4.78, 5) is 12.2. The third-order valence-electron chi connectivity index (χ3n) is 3.40. The van der Waals surface area contributed by atoms with Gasteiger partial charge in [-0.3, -0.25) is 4.79 Å². The molecule has 4 N–H and O–H groups in total. The minimum absolute atomic E-state index is 0.00202. The second-order valence-electron chi connectivity index (χ2n) is 5.26. The van der Waals surface area contributed by atoms with Crippen molar-refractivity contribution in [2.45, 2.75) is 0 Å². The second kappa shape index (κ2) is 6.84. The van der Waals surface area contributed by atoms with E-state index in [1.807, 2.05) is 30.3 Å². The molecule has 0 radical (unpaired) electrons. The molecule has 1 amide bonds. The number of hydrogen-bond acceptors (Lipinski definition) is 5. The summed E-state index contributed by atoms with van der Waals surface area (Å²) in [5, 5.41) is 31.0. The van der Waals surface area contributed by atoms with E-state index in [2.05, 4.69) is 5.32 Å². The van der Waals surface area contributed by atoms with Gasteiger partial charge in [0.05, 0.1) is 0 Å². The van der Waals surface area contributed by atoms with Crippen LogP contribution in [0.3, 0.4) is 0 Å². The molecule has 3 aromatic rings. The number of nitrogens with one attached hydrogen (secondary N) is 1. The minimum Gasteiger partial charge on any atom is -0.504 e. The van der Waals surface area contributed by atoms with Crippen LogP contribution in [0.15, 0.2) is 66.7 Å². The normalized spacial score (nSPS) is 10.2. The van der Waals surface area contributed by atoms with Crippen LogP contribution in [0.1, 0.15) is 10.4 Å². The number of rotatable bonds is 4. The zero-order valence-corrected chi connectivity index (χ0v) is 13.0. The first-order valence-electron chi connectivity index (χ1n) is 7.42. The van der Waals surface area contributed by atoms with Crippen molar-refractivity contribution in [2.24, 2.45) is 0 Å². The van der Waals surface area contributed by atoms with Crippen molar-refractivity contribution in [2.75, 3.05) is 5.32 Å². The Morgan fingerprint density at radius 3 is 2.12 bits per heavy atom. The third kappa shape index (κ3) is 3.81. The van der Waals surface area contributed by atoms with Crippen LogP contribution in [0, 0.1) is 0 Å². The van der Waals surface area contributed by atoms with Crippen LogP contribution in [0.5, 0.6) is 28.7 Å². The van der Waals surface area contributed by atoms with Gasteiger partial charge in [0.15, 0.2) is 17.2 Å². The van der Waals surface area contributed by atoms with E-state index in [9.17, 15) is 20.1 Å². The Morgan fingerprint density at radius 1 is 0.800 bits per heavy atom. The number of carbonyl (C=O) groups excluding carboxylic acids is 1. The van der Waals surface area contributed by atoms with Crippen molar-refractivity contribution < 1.29 is 24.9 Å². The summed E-state index contributed by atoms with van der Waals surface area (Å²) < 4.78 is 5.70. The molecule has 0 atom stereocenters. The summed E-state index contributed by atoms with van der Waals surface area (Å²) >= 11 is 0. The predicted octanol–water partition coefficient (Wildman–Crippen LogP) is 3.85. The Kier molecular flexibility index (Phi) is 4.43. The van der Waals surface area contributed by atoms with Gasteiger partial charge in [-0.15, -0.1) is 0 Å². The highest BCUT2D eigenvalue weighted by Crippen LogP contribution is 2.35. The first-order chi connectivity index (χ1) is 12.0. The Hall–Kier alpha value is -3.67. The van der Waals surface area contributed by atoms with Crippen LogP contribution in [0.25, 0.3) is 0 Å². The Labute approximate surface area is 143 Å². The first-order valence-corrected chi connectivity index (χ1v) is 7.42. The zero-order valence-electron chi connectivity index (χ0n) is 13.0. The van der Waals surface area contributed by atoms with E-state index in [-0.39, 0.29) is 5.56 Å². The summed E-state index contributed by atoms with van der Waals surface area (Å²) in [6.07, 6.45) is 0. The Morgan fingerprint density at radius 2 is 1.44 bits per heavy atom. The zero-order chi connectivity index (χ0) is 17.8. The van der Waals surface area contributed by atoms with E-state index < -0.39 is 23.2 Å². The fraction of sp³-hybridized carbons (Fsp3) is 0. The number of phenolic OH excluding ortho intramolecular Hbond substituents is 3. The molecule has 0 heterocycles. The van der Waals surface area contributed by atoms with Gasteiger partial charge in [-0.1, -0.05) is 24.3 Å². The minimum atomic E-state index is -0.671. The fourth-order valence-corrected chi connectivity index (χ4v) is 2.20. The fourth-order valence-electron chi connectivity index (χ4n) is 2.20. The standard InChI is InChI=1S/C19H15NO5/c21-16-9-12(10-17(22)18(16)23)19(24)20-13-5-4-8-15(11-13)25-14-6-2-1-3-7-14/h1-11,21-23H,(H,20,24). The van der Waals surface area contributed by atoms with E-state index in [0.717, 1.165) is 12.1 Å². The first kappa shape index (κ1) is 16.2. The number of carbonyl (C=O) groups is 1. The maximum absolute atomic E-state index is 12.2. The van der Waals surface area contributed by atoms with Crippen molar-refractivity contribution in [3.05, 3.63) is 72.3 Å². The molecular weight excluding hydrogens is 322 g/mol. The summed E-state index contributed by atoms with van der Waals surface area (Å²) in [5.41, 5.74) is 0.479. The smallest absolute Gasteiger partial charge is 0.255 e. The van der Waals surface area contributed by atoms with E-state index in [1.54, 1.807) is 24.3 Å². The number of amides is 1. The average Bonchev–Trinajstić information content (AvgIpc) is 2.60. The van der Waals surface area contributed by atoms with E-state index >= 15 is 0 Å². The number of aromatic hydroxyl groups is 3. The van der Waals surface area contributed by atoms with Gasteiger partial charge in [-0.2, -0.15) is 0 Å². The highest BCUT2D eigenvalue weighted by molar-refractivity contribution is 6.05. The third-order valence-corrected chi connectivity index (χ3v) is 3.40. The highest BCUT2D eigenvalue weighted by atomic mass is 16.5. The molecule has 0 aromatic heterocycles. The summed E-state index contributed by atoms with van der Waals surface area (Å²) in [6.45, 7) is 0. The molecule has 6 heteroatoms. The van der Waals surface area contributed by atoms with Crippen molar-refractivity contribution in [3.63, 3.8) is 0 Å². The predicted molar refractivity (Wildman–Crippen MR) is 92.3 cm³/mol. The monoisotopic (exact) mass is 337 g/mol. The quantitative estimate of drug-likeness (QED) is 0.542. The Bertz CT molecular complexity index is 886. The van der Waals surface area contributed by atoms with Gasteiger partial charge < -0.3 is 25.4 Å². The number of ether oxygens (including phenoxy) is 1. The van der Waals surface area contributed by atoms with E-state index in [1.165, 1.54) is 0 Å². The summed E-state index contributed by atoms with van der Waals surface area (Å²) in [7, 11) is 0. The van der Waals surface area contributed by atoms with Gasteiger partial charge in [0.1, 0.15) is 11.5 Å². The van der Waals surface area contributed by atoms with Crippen LogP contribution >= 0.6 is 0 Å². The number of anilines is 1. The lowest BCUT2D eigenvalue weighted by Crippen LogP contribution is -2.11. The van der Waals surface area contributed by atoms with Crippen molar-refractivity contribution >= 4 is 11.6 Å². The molecule has 0 saturated heterocycles. The molecule has 3 aromatic carbocycles. The molecule has 0 fully saturated rings. The van der Waals surface area contributed by atoms with Crippen LogP contribution in [0.4, 0.5) is 5.69 Å². The van der Waals surface area contributed by atoms with Gasteiger partial charge >= 0.3 is 0 Å². The lowest BCUT2D eigenvalue weighted by molar-refractivity contribution is 0.102. The second-order valence-corrected chi connectivity index (χ2v) is 5.26. The lowest BCUT2D eigenvalue weighted by atomic mass is 10.1. The number of hydrogen-bond donors (Lipinski definition) is 4. The van der Waals surface area contributed by atoms with Crippen LogP contribution in [-0.4, -0.2) is 21.2 Å². The Balaban J connectivity index is 1.77. The topological polar surface area (TPSA) is 99.0 Å². The molecule has 6 nitrogen and oxygen atoms in total. The molecule has 0 unspecified atom stereocenters. The lowest BCUT2D eigenvalue weighted by Gasteiger charge is -2.10. The molecule has 3 rings (SSSR count). The van der Waals surface area contributed by atoms with Crippen molar-refractivity contribution in [1.82, 2.24) is 0 Å². The molecule has 0 bridgehead atoms. The molecule has 0 spiro atoms. The number of para-hydroxylation sites is 1. The van der Waals surface area contributed by atoms with Gasteiger partial charge in [0.2, 0.25) is 0 Å². The van der Waals surface area contributed by atoms with Crippen LogP contribution in [-0.2, 0) is 0 Å². The molecule has 126 valence electrons. The van der Waals surface area contributed by atoms with Crippen molar-refractivity contribution in [1.29, 1.82) is 0 Å².